The second kappa shape index (κ2) is 6.64. The molecule has 1 N–H and O–H groups in total. The fourth-order valence-electron chi connectivity index (χ4n) is 3.42. The molecule has 5 heteroatoms. The zero-order valence-electron chi connectivity index (χ0n) is 14.9. The number of nitrogens with one attached hydrogen (secondary N) is 1. The Morgan fingerprint density at radius 2 is 2.08 bits per heavy atom. The van der Waals surface area contributed by atoms with E-state index in [9.17, 15) is 0 Å². The molecule has 0 spiro atoms. The van der Waals surface area contributed by atoms with E-state index in [-0.39, 0.29) is 6.10 Å². The largest absolute Gasteiger partial charge is 0.489 e. The van der Waals surface area contributed by atoms with Crippen LogP contribution in [0.15, 0.2) is 30.6 Å². The zero-order valence-corrected chi connectivity index (χ0v) is 15.7. The van der Waals surface area contributed by atoms with Gasteiger partial charge in [-0.1, -0.05) is 19.1 Å². The van der Waals surface area contributed by atoms with Gasteiger partial charge in [-0.15, -0.1) is 11.3 Å². The first-order valence-corrected chi connectivity index (χ1v) is 9.71. The molecular weight excluding hydrogens is 330 g/mol. The van der Waals surface area contributed by atoms with E-state index < -0.39 is 0 Å². The van der Waals surface area contributed by atoms with E-state index in [0.717, 1.165) is 40.8 Å². The summed E-state index contributed by atoms with van der Waals surface area (Å²) in [6.07, 6.45) is 5.29. The second-order valence-electron chi connectivity index (χ2n) is 7.04. The number of benzene rings is 1. The lowest BCUT2D eigenvalue weighted by atomic mass is 9.89. The Hall–Kier alpha value is -2.14. The van der Waals surface area contributed by atoms with Crippen LogP contribution < -0.4 is 10.1 Å². The smallest absolute Gasteiger partial charge is 0.143 e. The summed E-state index contributed by atoms with van der Waals surface area (Å²) in [6, 6.07) is 8.03. The Balaban J connectivity index is 1.76. The molecule has 0 bridgehead atoms. The monoisotopic (exact) mass is 353 g/mol. The molecule has 2 aromatic heterocycles. The predicted molar refractivity (Wildman–Crippen MR) is 104 cm³/mol. The summed E-state index contributed by atoms with van der Waals surface area (Å²) in [4.78, 5) is 11.6. The third-order valence-electron chi connectivity index (χ3n) is 4.59. The number of fused-ring (bicyclic) bond motifs is 3. The summed E-state index contributed by atoms with van der Waals surface area (Å²) in [5, 5.41) is 4.69. The fraction of sp³-hybridized carbons (Fsp3) is 0.400. The highest BCUT2D eigenvalue weighted by Gasteiger charge is 2.23. The molecule has 1 aliphatic rings. The minimum atomic E-state index is 0.128. The molecule has 0 fully saturated rings. The quantitative estimate of drug-likeness (QED) is 0.687. The van der Waals surface area contributed by atoms with Crippen LogP contribution in [0.5, 0.6) is 5.75 Å². The Bertz CT molecular complexity index is 903. The first kappa shape index (κ1) is 16.3. The van der Waals surface area contributed by atoms with Crippen molar-refractivity contribution in [3.8, 4) is 5.75 Å². The number of rotatable bonds is 4. The maximum absolute atomic E-state index is 5.93. The Kier molecular flexibility index (Phi) is 4.34. The maximum Gasteiger partial charge on any atom is 0.143 e. The van der Waals surface area contributed by atoms with Gasteiger partial charge in [0, 0.05) is 4.88 Å². The van der Waals surface area contributed by atoms with Gasteiger partial charge < -0.3 is 10.1 Å². The van der Waals surface area contributed by atoms with Crippen LogP contribution in [0, 0.1) is 5.92 Å². The number of hydrogen-bond donors (Lipinski definition) is 1. The van der Waals surface area contributed by atoms with Gasteiger partial charge in [0.15, 0.2) is 0 Å². The van der Waals surface area contributed by atoms with Crippen LogP contribution >= 0.6 is 11.3 Å². The molecule has 25 heavy (non-hydrogen) atoms. The third kappa shape index (κ3) is 3.21. The lowest BCUT2D eigenvalue weighted by Crippen LogP contribution is -2.09. The molecule has 1 aromatic carbocycles. The van der Waals surface area contributed by atoms with Gasteiger partial charge in [0.05, 0.1) is 17.2 Å². The van der Waals surface area contributed by atoms with Gasteiger partial charge in [0.2, 0.25) is 0 Å². The average Bonchev–Trinajstić information content (AvgIpc) is 2.94. The van der Waals surface area contributed by atoms with Crippen molar-refractivity contribution < 1.29 is 4.74 Å². The number of aryl methyl sites for hydroxylation is 1. The van der Waals surface area contributed by atoms with E-state index in [1.54, 1.807) is 6.33 Å². The average molecular weight is 353 g/mol. The highest BCUT2D eigenvalue weighted by Crippen LogP contribution is 2.41. The first-order chi connectivity index (χ1) is 12.1. The summed E-state index contributed by atoms with van der Waals surface area (Å²) in [7, 11) is 0. The summed E-state index contributed by atoms with van der Waals surface area (Å²) < 4.78 is 5.93. The molecule has 1 atom stereocenters. The van der Waals surface area contributed by atoms with Crippen molar-refractivity contribution in [3.05, 3.63) is 41.0 Å². The molecule has 1 aliphatic carbocycles. The van der Waals surface area contributed by atoms with Crippen LogP contribution in [-0.4, -0.2) is 16.1 Å². The van der Waals surface area contributed by atoms with Gasteiger partial charge in [0.25, 0.3) is 0 Å². The molecule has 130 valence electrons. The van der Waals surface area contributed by atoms with Crippen LogP contribution in [0.4, 0.5) is 11.5 Å². The molecule has 2 heterocycles. The van der Waals surface area contributed by atoms with E-state index in [4.69, 9.17) is 4.74 Å². The van der Waals surface area contributed by atoms with E-state index in [2.05, 4.69) is 22.2 Å². The van der Waals surface area contributed by atoms with Crippen molar-refractivity contribution in [1.29, 1.82) is 0 Å². The van der Waals surface area contributed by atoms with Gasteiger partial charge in [-0.05, 0) is 56.7 Å². The number of aromatic nitrogens is 2. The molecule has 0 saturated carbocycles. The summed E-state index contributed by atoms with van der Waals surface area (Å²) in [5.74, 6) is 2.49. The van der Waals surface area contributed by atoms with Crippen LogP contribution in [-0.2, 0) is 12.8 Å². The van der Waals surface area contributed by atoms with Crippen molar-refractivity contribution in [1.82, 2.24) is 9.97 Å². The van der Waals surface area contributed by atoms with Crippen molar-refractivity contribution in [2.45, 2.75) is 46.1 Å². The van der Waals surface area contributed by atoms with Crippen LogP contribution in [0.25, 0.3) is 10.2 Å². The Labute approximate surface area is 152 Å². The molecule has 0 saturated heterocycles. The van der Waals surface area contributed by atoms with E-state index >= 15 is 0 Å². The third-order valence-corrected chi connectivity index (χ3v) is 5.76. The lowest BCUT2D eigenvalue weighted by Gasteiger charge is -2.19. The standard InChI is InChI=1S/C20H23N3OS/c1-12(2)24-16-7-5-4-6-15(16)23-19-18-14-9-8-13(3)10-17(14)25-20(18)22-11-21-19/h4-7,11-13H,8-10H2,1-3H3,(H,21,22,23). The number of hydrogen-bond acceptors (Lipinski definition) is 5. The number of ether oxygens (including phenoxy) is 1. The van der Waals surface area contributed by atoms with Crippen LogP contribution in [0.1, 0.15) is 37.6 Å². The SMILES string of the molecule is CC1CCc2c(sc3ncnc(Nc4ccccc4OC(C)C)c23)C1. The first-order valence-electron chi connectivity index (χ1n) is 8.89. The zero-order chi connectivity index (χ0) is 17.4. The number of thiophene rings is 1. The minimum Gasteiger partial charge on any atom is -0.489 e. The molecule has 3 aromatic rings. The van der Waals surface area contributed by atoms with E-state index in [1.807, 2.05) is 49.4 Å². The molecular formula is C20H23N3OS. The Morgan fingerprint density at radius 1 is 1.24 bits per heavy atom. The van der Waals surface area contributed by atoms with Gasteiger partial charge in [0.1, 0.15) is 22.7 Å². The van der Waals surface area contributed by atoms with Crippen molar-refractivity contribution in [2.75, 3.05) is 5.32 Å². The number of anilines is 2. The van der Waals surface area contributed by atoms with Crippen LogP contribution in [0.2, 0.25) is 0 Å². The Morgan fingerprint density at radius 3 is 2.92 bits per heavy atom. The number of nitrogens with zero attached hydrogens (tertiary/aromatic N) is 2. The highest BCUT2D eigenvalue weighted by molar-refractivity contribution is 7.19. The molecule has 0 amide bonds. The summed E-state index contributed by atoms with van der Waals surface area (Å²) in [5.41, 5.74) is 2.38. The fourth-order valence-corrected chi connectivity index (χ4v) is 4.77. The normalized spacial score (nSPS) is 16.9. The molecule has 0 aliphatic heterocycles. The summed E-state index contributed by atoms with van der Waals surface area (Å²) >= 11 is 1.82. The van der Waals surface area contributed by atoms with Crippen molar-refractivity contribution >= 4 is 33.1 Å². The predicted octanol–water partition coefficient (Wildman–Crippen LogP) is 5.35. The van der Waals surface area contributed by atoms with Gasteiger partial charge in [-0.3, -0.25) is 0 Å². The molecule has 4 rings (SSSR count). The number of para-hydroxylation sites is 2. The topological polar surface area (TPSA) is 47.0 Å². The molecule has 0 radical (unpaired) electrons. The summed E-state index contributed by atoms with van der Waals surface area (Å²) in [6.45, 7) is 6.41. The van der Waals surface area contributed by atoms with Crippen molar-refractivity contribution in [3.63, 3.8) is 0 Å². The van der Waals surface area contributed by atoms with Gasteiger partial charge >= 0.3 is 0 Å². The second-order valence-corrected chi connectivity index (χ2v) is 8.13. The molecule has 1 unspecified atom stereocenters. The highest BCUT2D eigenvalue weighted by atomic mass is 32.1. The van der Waals surface area contributed by atoms with Gasteiger partial charge in [-0.2, -0.15) is 0 Å². The van der Waals surface area contributed by atoms with E-state index in [0.29, 0.717) is 0 Å². The lowest BCUT2D eigenvalue weighted by molar-refractivity contribution is 0.244. The molecule has 4 nitrogen and oxygen atoms in total. The maximum atomic E-state index is 5.93. The van der Waals surface area contributed by atoms with Gasteiger partial charge in [-0.25, -0.2) is 9.97 Å². The minimum absolute atomic E-state index is 0.128. The van der Waals surface area contributed by atoms with Crippen LogP contribution in [0.3, 0.4) is 0 Å². The van der Waals surface area contributed by atoms with Crippen molar-refractivity contribution in [2.24, 2.45) is 5.92 Å². The van der Waals surface area contributed by atoms with E-state index in [1.165, 1.54) is 22.2 Å².